The van der Waals surface area contributed by atoms with Crippen molar-refractivity contribution in [1.82, 2.24) is 4.90 Å². The molecule has 21 heavy (non-hydrogen) atoms. The van der Waals surface area contributed by atoms with Gasteiger partial charge in [0.2, 0.25) is 0 Å². The van der Waals surface area contributed by atoms with Gasteiger partial charge >= 0.3 is 5.97 Å². The zero-order chi connectivity index (χ0) is 15.6. The van der Waals surface area contributed by atoms with Crippen LogP contribution in [0.1, 0.15) is 23.2 Å². The molecule has 1 fully saturated rings. The van der Waals surface area contributed by atoms with Gasteiger partial charge in [-0.1, -0.05) is 0 Å². The lowest BCUT2D eigenvalue weighted by atomic mass is 10.1. The molecule has 7 nitrogen and oxygen atoms in total. The molecule has 1 unspecified atom stereocenters. The number of carboxylic acid groups (broad SMARTS) is 1. The minimum atomic E-state index is -1.08. The first-order valence-corrected chi connectivity index (χ1v) is 6.83. The highest BCUT2D eigenvalue weighted by Gasteiger charge is 2.25. The summed E-state index contributed by atoms with van der Waals surface area (Å²) in [7, 11) is 3.81. The third-order valence-corrected chi connectivity index (χ3v) is 3.99. The zero-order valence-electron chi connectivity index (χ0n) is 12.2. The number of nitro groups is 1. The molecule has 1 heterocycles. The Balaban J connectivity index is 2.28. The topological polar surface area (TPSA) is 86.9 Å². The summed E-state index contributed by atoms with van der Waals surface area (Å²) < 4.78 is 0. The highest BCUT2D eigenvalue weighted by Crippen LogP contribution is 2.27. The standard InChI is InChI=1S/C14H19N3O4/c1-15-7-3-4-11(15)9-16(2)13-8-10(17(20)21)5-6-12(13)14(18)19/h5-6,8,11H,3-4,7,9H2,1-2H3,(H,18,19). The lowest BCUT2D eigenvalue weighted by Crippen LogP contribution is -2.37. The summed E-state index contributed by atoms with van der Waals surface area (Å²) in [5, 5.41) is 20.1. The number of aromatic carboxylic acids is 1. The van der Waals surface area contributed by atoms with Crippen molar-refractivity contribution < 1.29 is 14.8 Å². The minimum Gasteiger partial charge on any atom is -0.478 e. The smallest absolute Gasteiger partial charge is 0.337 e. The number of hydrogen-bond donors (Lipinski definition) is 1. The second-order valence-electron chi connectivity index (χ2n) is 5.42. The normalized spacial score (nSPS) is 18.7. The first-order valence-electron chi connectivity index (χ1n) is 6.83. The Morgan fingerprint density at radius 2 is 2.29 bits per heavy atom. The van der Waals surface area contributed by atoms with Gasteiger partial charge in [-0.2, -0.15) is 0 Å². The molecule has 0 spiro atoms. The Labute approximate surface area is 122 Å². The SMILES string of the molecule is CN(CC1CCCN1C)c1cc([N+](=O)[O-])ccc1C(=O)O. The molecule has 0 saturated carbocycles. The van der Waals surface area contributed by atoms with Crippen molar-refractivity contribution in [2.75, 3.05) is 32.1 Å². The number of carboxylic acids is 1. The van der Waals surface area contributed by atoms with E-state index in [4.69, 9.17) is 0 Å². The molecule has 1 atom stereocenters. The van der Waals surface area contributed by atoms with Crippen LogP contribution in [0, 0.1) is 10.1 Å². The third-order valence-electron chi connectivity index (χ3n) is 3.99. The van der Waals surface area contributed by atoms with E-state index in [1.54, 1.807) is 11.9 Å². The largest absolute Gasteiger partial charge is 0.478 e. The second-order valence-corrected chi connectivity index (χ2v) is 5.42. The Bertz CT molecular complexity index is 561. The molecule has 0 radical (unpaired) electrons. The highest BCUT2D eigenvalue weighted by atomic mass is 16.6. The van der Waals surface area contributed by atoms with Crippen LogP contribution in [0.4, 0.5) is 11.4 Å². The van der Waals surface area contributed by atoms with Crippen molar-refractivity contribution in [3.05, 3.63) is 33.9 Å². The number of nitrogens with zero attached hydrogens (tertiary/aromatic N) is 3. The van der Waals surface area contributed by atoms with E-state index in [0.717, 1.165) is 19.4 Å². The Morgan fingerprint density at radius 1 is 1.57 bits per heavy atom. The molecule has 114 valence electrons. The predicted octanol–water partition coefficient (Wildman–Crippen LogP) is 1.82. The van der Waals surface area contributed by atoms with Crippen LogP contribution < -0.4 is 4.90 Å². The lowest BCUT2D eigenvalue weighted by Gasteiger charge is -2.28. The number of likely N-dealkylation sites (N-methyl/N-ethyl adjacent to an activating group) is 2. The van der Waals surface area contributed by atoms with E-state index < -0.39 is 10.9 Å². The lowest BCUT2D eigenvalue weighted by molar-refractivity contribution is -0.384. The maximum Gasteiger partial charge on any atom is 0.337 e. The van der Waals surface area contributed by atoms with Crippen molar-refractivity contribution >= 4 is 17.3 Å². The van der Waals surface area contributed by atoms with E-state index in [-0.39, 0.29) is 11.3 Å². The highest BCUT2D eigenvalue weighted by molar-refractivity contribution is 5.95. The van der Waals surface area contributed by atoms with E-state index in [0.29, 0.717) is 18.3 Å². The fourth-order valence-electron chi connectivity index (χ4n) is 2.75. The van der Waals surface area contributed by atoms with Gasteiger partial charge in [-0.3, -0.25) is 10.1 Å². The zero-order valence-corrected chi connectivity index (χ0v) is 12.2. The van der Waals surface area contributed by atoms with Gasteiger partial charge in [0.15, 0.2) is 0 Å². The second kappa shape index (κ2) is 6.09. The van der Waals surface area contributed by atoms with Crippen LogP contribution in [0.3, 0.4) is 0 Å². The summed E-state index contributed by atoms with van der Waals surface area (Å²) in [4.78, 5) is 25.7. The molecule has 1 saturated heterocycles. The van der Waals surface area contributed by atoms with E-state index in [2.05, 4.69) is 4.90 Å². The molecule has 1 aromatic rings. The Kier molecular flexibility index (Phi) is 4.42. The van der Waals surface area contributed by atoms with Crippen LogP contribution in [0.2, 0.25) is 0 Å². The molecular weight excluding hydrogens is 274 g/mol. The molecule has 1 aromatic carbocycles. The molecule has 1 aliphatic heterocycles. The molecule has 0 bridgehead atoms. The van der Waals surface area contributed by atoms with E-state index in [1.165, 1.54) is 18.2 Å². The first-order chi connectivity index (χ1) is 9.90. The Hall–Kier alpha value is -2.15. The van der Waals surface area contributed by atoms with E-state index in [1.807, 2.05) is 7.05 Å². The summed E-state index contributed by atoms with van der Waals surface area (Å²) in [6, 6.07) is 4.20. The van der Waals surface area contributed by atoms with Gasteiger partial charge in [0.25, 0.3) is 5.69 Å². The number of rotatable bonds is 5. The maximum absolute atomic E-state index is 11.3. The average molecular weight is 293 g/mol. The van der Waals surface area contributed by atoms with Crippen molar-refractivity contribution in [3.63, 3.8) is 0 Å². The van der Waals surface area contributed by atoms with E-state index in [9.17, 15) is 20.0 Å². The Morgan fingerprint density at radius 3 is 2.81 bits per heavy atom. The maximum atomic E-state index is 11.3. The molecule has 2 rings (SSSR count). The molecule has 0 aromatic heterocycles. The molecule has 0 aliphatic carbocycles. The predicted molar refractivity (Wildman–Crippen MR) is 79.0 cm³/mol. The van der Waals surface area contributed by atoms with Crippen LogP contribution in [0.15, 0.2) is 18.2 Å². The fraction of sp³-hybridized carbons (Fsp3) is 0.500. The quantitative estimate of drug-likeness (QED) is 0.658. The monoisotopic (exact) mass is 293 g/mol. The summed E-state index contributed by atoms with van der Waals surface area (Å²) in [5.74, 6) is -1.08. The number of carbonyl (C=O) groups is 1. The van der Waals surface area contributed by atoms with Gasteiger partial charge in [-0.25, -0.2) is 4.79 Å². The molecular formula is C14H19N3O4. The van der Waals surface area contributed by atoms with Gasteiger partial charge in [-0.15, -0.1) is 0 Å². The van der Waals surface area contributed by atoms with Crippen LogP contribution in [-0.2, 0) is 0 Å². The van der Waals surface area contributed by atoms with Crippen molar-refractivity contribution in [1.29, 1.82) is 0 Å². The number of hydrogen-bond acceptors (Lipinski definition) is 5. The van der Waals surface area contributed by atoms with Crippen molar-refractivity contribution in [2.45, 2.75) is 18.9 Å². The van der Waals surface area contributed by atoms with Crippen LogP contribution in [-0.4, -0.2) is 54.1 Å². The first kappa shape index (κ1) is 15.2. The summed E-state index contributed by atoms with van der Waals surface area (Å²) in [6.45, 7) is 1.68. The molecule has 1 aliphatic rings. The van der Waals surface area contributed by atoms with Gasteiger partial charge in [0.1, 0.15) is 0 Å². The molecule has 7 heteroatoms. The van der Waals surface area contributed by atoms with Crippen LogP contribution >= 0.6 is 0 Å². The number of nitro benzene ring substituents is 1. The number of likely N-dealkylation sites (tertiary alicyclic amines) is 1. The summed E-state index contributed by atoms with van der Waals surface area (Å²) >= 11 is 0. The summed E-state index contributed by atoms with van der Waals surface area (Å²) in [6.07, 6.45) is 2.17. The molecule has 1 N–H and O–H groups in total. The molecule has 0 amide bonds. The third kappa shape index (κ3) is 3.30. The van der Waals surface area contributed by atoms with Gasteiger partial charge in [0, 0.05) is 31.8 Å². The van der Waals surface area contributed by atoms with Crippen molar-refractivity contribution in [3.8, 4) is 0 Å². The average Bonchev–Trinajstić information content (AvgIpc) is 2.83. The van der Waals surface area contributed by atoms with Crippen LogP contribution in [0.25, 0.3) is 0 Å². The van der Waals surface area contributed by atoms with Crippen LogP contribution in [0.5, 0.6) is 0 Å². The van der Waals surface area contributed by atoms with Gasteiger partial charge < -0.3 is 14.9 Å². The number of anilines is 1. The minimum absolute atomic E-state index is 0.0868. The van der Waals surface area contributed by atoms with Gasteiger partial charge in [0.05, 0.1) is 16.2 Å². The van der Waals surface area contributed by atoms with E-state index >= 15 is 0 Å². The summed E-state index contributed by atoms with van der Waals surface area (Å²) in [5.41, 5.74) is 0.377. The van der Waals surface area contributed by atoms with Gasteiger partial charge in [-0.05, 0) is 32.5 Å². The fourth-order valence-corrected chi connectivity index (χ4v) is 2.75. The number of non-ortho nitro benzene ring substituents is 1. The van der Waals surface area contributed by atoms with Crippen molar-refractivity contribution in [2.24, 2.45) is 0 Å². The number of benzene rings is 1.